The molecule has 0 nitrogen and oxygen atoms in total. The summed E-state index contributed by atoms with van der Waals surface area (Å²) in [6.07, 6.45) is 6.71. The summed E-state index contributed by atoms with van der Waals surface area (Å²) in [6, 6.07) is 11.0. The molecular formula is C12H17S+. The van der Waals surface area contributed by atoms with Gasteiger partial charge in [-0.1, -0.05) is 30.3 Å². The summed E-state index contributed by atoms with van der Waals surface area (Å²) in [4.78, 5) is 0. The third-order valence-electron chi connectivity index (χ3n) is 2.84. The molecule has 0 N–H and O–H groups in total. The van der Waals surface area contributed by atoms with Crippen molar-refractivity contribution >= 4 is 10.9 Å². The molecule has 70 valence electrons. The van der Waals surface area contributed by atoms with Crippen LogP contribution in [-0.4, -0.2) is 12.0 Å². The van der Waals surface area contributed by atoms with Crippen molar-refractivity contribution in [2.75, 3.05) is 12.0 Å². The Bertz CT molecular complexity index is 255. The molecule has 0 saturated carbocycles. The molecule has 0 bridgehead atoms. The van der Waals surface area contributed by atoms with Crippen LogP contribution in [0.1, 0.15) is 30.1 Å². The SMILES string of the molecule is C[S+]1CCCCC1c1ccccc1. The average Bonchev–Trinajstić information content (AvgIpc) is 2.20. The topological polar surface area (TPSA) is 0 Å². The Morgan fingerprint density at radius 3 is 2.62 bits per heavy atom. The molecule has 0 aliphatic carbocycles. The van der Waals surface area contributed by atoms with Crippen molar-refractivity contribution in [3.8, 4) is 0 Å². The number of hydrogen-bond acceptors (Lipinski definition) is 0. The van der Waals surface area contributed by atoms with E-state index in [-0.39, 0.29) is 0 Å². The highest BCUT2D eigenvalue weighted by Gasteiger charge is 2.30. The Morgan fingerprint density at radius 1 is 1.15 bits per heavy atom. The van der Waals surface area contributed by atoms with Crippen LogP contribution in [0.5, 0.6) is 0 Å². The summed E-state index contributed by atoms with van der Waals surface area (Å²) < 4.78 is 0. The average molecular weight is 193 g/mol. The molecule has 2 rings (SSSR count). The zero-order valence-corrected chi connectivity index (χ0v) is 9.02. The molecule has 0 radical (unpaired) electrons. The lowest BCUT2D eigenvalue weighted by atomic mass is 10.1. The van der Waals surface area contributed by atoms with Crippen molar-refractivity contribution in [2.24, 2.45) is 0 Å². The highest BCUT2D eigenvalue weighted by atomic mass is 32.2. The van der Waals surface area contributed by atoms with Gasteiger partial charge in [-0.05, 0) is 30.2 Å². The second kappa shape index (κ2) is 4.19. The molecule has 1 aromatic carbocycles. The lowest BCUT2D eigenvalue weighted by molar-refractivity contribution is 0.679. The van der Waals surface area contributed by atoms with E-state index in [0.717, 1.165) is 5.25 Å². The van der Waals surface area contributed by atoms with Crippen molar-refractivity contribution in [3.05, 3.63) is 35.9 Å². The maximum atomic E-state index is 2.43. The largest absolute Gasteiger partial charge is 0.142 e. The van der Waals surface area contributed by atoms with Gasteiger partial charge >= 0.3 is 0 Å². The van der Waals surface area contributed by atoms with Crippen LogP contribution in [0.25, 0.3) is 0 Å². The Kier molecular flexibility index (Phi) is 2.94. The molecule has 1 fully saturated rings. The number of benzene rings is 1. The summed E-state index contributed by atoms with van der Waals surface area (Å²) in [5.74, 6) is 1.44. The summed E-state index contributed by atoms with van der Waals surface area (Å²) in [5, 5.41) is 0.856. The fourth-order valence-corrected chi connectivity index (χ4v) is 4.20. The second-order valence-electron chi connectivity index (χ2n) is 3.79. The summed E-state index contributed by atoms with van der Waals surface area (Å²) in [5.41, 5.74) is 1.56. The smallest absolute Gasteiger partial charge is 0.0622 e. The zero-order chi connectivity index (χ0) is 9.10. The maximum Gasteiger partial charge on any atom is 0.142 e. The van der Waals surface area contributed by atoms with Crippen LogP contribution in [0.4, 0.5) is 0 Å². The van der Waals surface area contributed by atoms with Crippen LogP contribution in [0.2, 0.25) is 0 Å². The summed E-state index contributed by atoms with van der Waals surface area (Å²) >= 11 is 0. The molecule has 0 aromatic heterocycles. The Hall–Kier alpha value is -0.430. The first-order chi connectivity index (χ1) is 6.38. The number of rotatable bonds is 1. The van der Waals surface area contributed by atoms with E-state index >= 15 is 0 Å². The zero-order valence-electron chi connectivity index (χ0n) is 8.20. The van der Waals surface area contributed by atoms with Gasteiger partial charge in [-0.25, -0.2) is 0 Å². The monoisotopic (exact) mass is 193 g/mol. The molecule has 1 heterocycles. The highest BCUT2D eigenvalue weighted by Crippen LogP contribution is 2.33. The second-order valence-corrected chi connectivity index (χ2v) is 6.15. The molecule has 0 spiro atoms. The van der Waals surface area contributed by atoms with Crippen molar-refractivity contribution in [1.82, 2.24) is 0 Å². The van der Waals surface area contributed by atoms with E-state index in [1.54, 1.807) is 5.56 Å². The van der Waals surface area contributed by atoms with Crippen molar-refractivity contribution in [2.45, 2.75) is 24.5 Å². The Balaban J connectivity index is 2.15. The van der Waals surface area contributed by atoms with Crippen LogP contribution < -0.4 is 0 Å². The quantitative estimate of drug-likeness (QED) is 0.601. The van der Waals surface area contributed by atoms with E-state index in [9.17, 15) is 0 Å². The number of hydrogen-bond donors (Lipinski definition) is 0. The molecule has 2 atom stereocenters. The van der Waals surface area contributed by atoms with Gasteiger partial charge in [0.2, 0.25) is 0 Å². The summed E-state index contributed by atoms with van der Waals surface area (Å²) in [6.45, 7) is 0. The maximum absolute atomic E-state index is 2.43. The normalized spacial score (nSPS) is 28.7. The first-order valence-corrected chi connectivity index (χ1v) is 6.91. The van der Waals surface area contributed by atoms with Gasteiger partial charge in [-0.3, -0.25) is 0 Å². The van der Waals surface area contributed by atoms with Gasteiger partial charge < -0.3 is 0 Å². The van der Waals surface area contributed by atoms with Gasteiger partial charge in [-0.15, -0.1) is 0 Å². The van der Waals surface area contributed by atoms with E-state index in [2.05, 4.69) is 36.6 Å². The van der Waals surface area contributed by atoms with Gasteiger partial charge in [0.25, 0.3) is 0 Å². The van der Waals surface area contributed by atoms with E-state index in [0.29, 0.717) is 10.9 Å². The fraction of sp³-hybridized carbons (Fsp3) is 0.500. The third-order valence-corrected chi connectivity index (χ3v) is 5.25. The standard InChI is InChI=1S/C12H17S/c1-13-10-6-5-9-12(13)11-7-3-2-4-8-11/h2-4,7-8,12H,5-6,9-10H2,1H3/q+1. The minimum absolute atomic E-state index is 0.621. The van der Waals surface area contributed by atoms with Crippen molar-refractivity contribution in [3.63, 3.8) is 0 Å². The molecule has 1 saturated heterocycles. The molecule has 1 aromatic rings. The molecule has 1 aliphatic rings. The Morgan fingerprint density at radius 2 is 1.92 bits per heavy atom. The van der Waals surface area contributed by atoms with Gasteiger partial charge in [0, 0.05) is 5.56 Å². The van der Waals surface area contributed by atoms with Crippen LogP contribution in [0.15, 0.2) is 30.3 Å². The third kappa shape index (κ3) is 2.08. The predicted octanol–water partition coefficient (Wildman–Crippen LogP) is 3.16. The molecule has 1 heteroatoms. The van der Waals surface area contributed by atoms with E-state index in [1.165, 1.54) is 25.0 Å². The van der Waals surface area contributed by atoms with E-state index in [4.69, 9.17) is 0 Å². The first-order valence-electron chi connectivity index (χ1n) is 5.04. The summed E-state index contributed by atoms with van der Waals surface area (Å²) in [7, 11) is 0.621. The van der Waals surface area contributed by atoms with Crippen LogP contribution in [0, 0.1) is 0 Å². The molecule has 13 heavy (non-hydrogen) atoms. The Labute approximate surface area is 83.7 Å². The van der Waals surface area contributed by atoms with Crippen molar-refractivity contribution < 1.29 is 0 Å². The molecule has 1 aliphatic heterocycles. The van der Waals surface area contributed by atoms with Gasteiger partial charge in [0.05, 0.1) is 6.26 Å². The minimum atomic E-state index is 0.621. The van der Waals surface area contributed by atoms with Crippen LogP contribution >= 0.6 is 0 Å². The first kappa shape index (κ1) is 9.14. The van der Waals surface area contributed by atoms with E-state index < -0.39 is 0 Å². The van der Waals surface area contributed by atoms with Gasteiger partial charge in [0.1, 0.15) is 11.0 Å². The van der Waals surface area contributed by atoms with Crippen molar-refractivity contribution in [1.29, 1.82) is 0 Å². The lowest BCUT2D eigenvalue weighted by Gasteiger charge is -2.21. The lowest BCUT2D eigenvalue weighted by Crippen LogP contribution is -2.20. The minimum Gasteiger partial charge on any atom is -0.0622 e. The molecule has 2 unspecified atom stereocenters. The molecule has 0 amide bonds. The molecular weight excluding hydrogens is 176 g/mol. The van der Waals surface area contributed by atoms with Crippen LogP contribution in [0.3, 0.4) is 0 Å². The van der Waals surface area contributed by atoms with Gasteiger partial charge in [-0.2, -0.15) is 0 Å². The predicted molar refractivity (Wildman–Crippen MR) is 61.2 cm³/mol. The van der Waals surface area contributed by atoms with E-state index in [1.807, 2.05) is 0 Å². The fourth-order valence-electron chi connectivity index (χ4n) is 2.07. The van der Waals surface area contributed by atoms with Crippen LogP contribution in [-0.2, 0) is 10.9 Å². The highest BCUT2D eigenvalue weighted by molar-refractivity contribution is 7.96. The van der Waals surface area contributed by atoms with Gasteiger partial charge in [0.15, 0.2) is 0 Å².